The average Bonchev–Trinajstić information content (AvgIpc) is 2.98. The van der Waals surface area contributed by atoms with E-state index in [-0.39, 0.29) is 0 Å². The van der Waals surface area contributed by atoms with E-state index < -0.39 is 0 Å². The first-order valence-corrected chi connectivity index (χ1v) is 7.28. The zero-order chi connectivity index (χ0) is 13.8. The average molecular weight is 274 g/mol. The Kier molecular flexibility index (Phi) is 2.08. The van der Waals surface area contributed by atoms with Crippen molar-refractivity contribution in [1.82, 2.24) is 19.1 Å². The number of para-hydroxylation sites is 4. The van der Waals surface area contributed by atoms with Gasteiger partial charge in [0.2, 0.25) is 0 Å². The maximum absolute atomic E-state index is 4.79. The molecule has 0 spiro atoms. The fourth-order valence-electron chi connectivity index (χ4n) is 3.36. The number of benzene rings is 2. The number of fused-ring (bicyclic) bond motifs is 6. The summed E-state index contributed by atoms with van der Waals surface area (Å²) in [6, 6.07) is 16.7. The van der Waals surface area contributed by atoms with E-state index in [0.717, 1.165) is 42.2 Å². The van der Waals surface area contributed by atoms with E-state index in [1.165, 1.54) is 11.0 Å². The Bertz CT molecular complexity index is 897. The van der Waals surface area contributed by atoms with E-state index in [2.05, 4.69) is 45.5 Å². The van der Waals surface area contributed by atoms with Crippen LogP contribution in [0.2, 0.25) is 0 Å². The number of nitrogens with zero attached hydrogens (tertiary/aromatic N) is 4. The molecule has 0 saturated carbocycles. The third-order valence-electron chi connectivity index (χ3n) is 4.33. The molecule has 1 aliphatic heterocycles. The summed E-state index contributed by atoms with van der Waals surface area (Å²) in [7, 11) is 0. The molecule has 0 aliphatic carbocycles. The van der Waals surface area contributed by atoms with Gasteiger partial charge in [-0.05, 0) is 24.3 Å². The molecule has 5 rings (SSSR count). The molecule has 4 heteroatoms. The van der Waals surface area contributed by atoms with E-state index in [9.17, 15) is 0 Å². The van der Waals surface area contributed by atoms with Crippen LogP contribution in [0, 0.1) is 0 Å². The third-order valence-corrected chi connectivity index (χ3v) is 4.33. The van der Waals surface area contributed by atoms with E-state index in [1.54, 1.807) is 0 Å². The van der Waals surface area contributed by atoms with Gasteiger partial charge in [-0.3, -0.25) is 0 Å². The van der Waals surface area contributed by atoms with Gasteiger partial charge in [0.15, 0.2) is 0 Å². The van der Waals surface area contributed by atoms with Crippen LogP contribution in [-0.4, -0.2) is 19.1 Å². The fraction of sp³-hybridized carbons (Fsp3) is 0.176. The molecule has 0 N–H and O–H groups in total. The summed E-state index contributed by atoms with van der Waals surface area (Å²) in [4.78, 5) is 9.58. The van der Waals surface area contributed by atoms with Crippen LogP contribution < -0.4 is 0 Å². The van der Waals surface area contributed by atoms with Crippen LogP contribution in [0.25, 0.3) is 22.1 Å². The molecule has 4 aromatic rings. The molecule has 0 saturated heterocycles. The van der Waals surface area contributed by atoms with Crippen LogP contribution in [0.15, 0.2) is 48.5 Å². The Balaban J connectivity index is 1.74. The van der Waals surface area contributed by atoms with Crippen molar-refractivity contribution < 1.29 is 0 Å². The van der Waals surface area contributed by atoms with Gasteiger partial charge in [-0.25, -0.2) is 9.97 Å². The standard InChI is InChI=1S/C17H14N4/c1-3-7-14-12(5-1)18-16-11-17-19-13-6-2-4-8-15(13)21(17)10-9-20(14)16/h1-8H,9-11H2. The van der Waals surface area contributed by atoms with Crippen molar-refractivity contribution in [2.24, 2.45) is 0 Å². The summed E-state index contributed by atoms with van der Waals surface area (Å²) in [6.07, 6.45) is 0.795. The molecule has 21 heavy (non-hydrogen) atoms. The Hall–Kier alpha value is -2.62. The van der Waals surface area contributed by atoms with Crippen molar-refractivity contribution in [2.45, 2.75) is 19.5 Å². The molecular weight excluding hydrogens is 260 g/mol. The highest BCUT2D eigenvalue weighted by Gasteiger charge is 2.19. The lowest BCUT2D eigenvalue weighted by molar-refractivity contribution is 0.607. The first-order chi connectivity index (χ1) is 10.4. The molecule has 2 aromatic carbocycles. The maximum Gasteiger partial charge on any atom is 0.117 e. The fourth-order valence-corrected chi connectivity index (χ4v) is 3.36. The molecule has 0 fully saturated rings. The lowest BCUT2D eigenvalue weighted by Gasteiger charge is -2.06. The van der Waals surface area contributed by atoms with Crippen LogP contribution in [0.5, 0.6) is 0 Å². The van der Waals surface area contributed by atoms with Crippen LogP contribution in [0.4, 0.5) is 0 Å². The summed E-state index contributed by atoms with van der Waals surface area (Å²) in [6.45, 7) is 1.90. The highest BCUT2D eigenvalue weighted by atomic mass is 15.2. The topological polar surface area (TPSA) is 35.6 Å². The predicted molar refractivity (Wildman–Crippen MR) is 82.3 cm³/mol. The minimum atomic E-state index is 0.795. The second-order valence-corrected chi connectivity index (χ2v) is 5.51. The van der Waals surface area contributed by atoms with Crippen LogP contribution >= 0.6 is 0 Å². The van der Waals surface area contributed by atoms with Crippen molar-refractivity contribution >= 4 is 22.1 Å². The van der Waals surface area contributed by atoms with E-state index in [4.69, 9.17) is 9.97 Å². The van der Waals surface area contributed by atoms with Crippen molar-refractivity contribution in [3.8, 4) is 0 Å². The number of imidazole rings is 2. The molecule has 0 amide bonds. The lowest BCUT2D eigenvalue weighted by Crippen LogP contribution is -2.05. The molecule has 102 valence electrons. The van der Waals surface area contributed by atoms with E-state index >= 15 is 0 Å². The van der Waals surface area contributed by atoms with Gasteiger partial charge < -0.3 is 9.13 Å². The molecule has 1 aliphatic rings. The Labute approximate surface area is 121 Å². The van der Waals surface area contributed by atoms with Crippen molar-refractivity contribution in [3.63, 3.8) is 0 Å². The number of rotatable bonds is 0. The van der Waals surface area contributed by atoms with E-state index in [1.807, 2.05) is 12.1 Å². The summed E-state index contributed by atoms with van der Waals surface area (Å²) >= 11 is 0. The predicted octanol–water partition coefficient (Wildman–Crippen LogP) is 2.99. The molecule has 4 nitrogen and oxygen atoms in total. The SMILES string of the molecule is c1ccc2c(c1)nc1n2CCn2c(nc3ccccc32)C1. The molecular formula is C17H14N4. The maximum atomic E-state index is 4.79. The van der Waals surface area contributed by atoms with E-state index in [0.29, 0.717) is 0 Å². The van der Waals surface area contributed by atoms with Gasteiger partial charge in [0, 0.05) is 13.1 Å². The van der Waals surface area contributed by atoms with Gasteiger partial charge in [0.25, 0.3) is 0 Å². The molecule has 3 heterocycles. The number of hydrogen-bond donors (Lipinski definition) is 0. The Morgan fingerprint density at radius 1 is 0.667 bits per heavy atom. The molecule has 0 radical (unpaired) electrons. The highest BCUT2D eigenvalue weighted by Crippen LogP contribution is 2.24. The summed E-state index contributed by atoms with van der Waals surface area (Å²) in [5, 5.41) is 0. The molecule has 0 bridgehead atoms. The quantitative estimate of drug-likeness (QED) is 0.494. The summed E-state index contributed by atoms with van der Waals surface area (Å²) in [5.74, 6) is 2.23. The second kappa shape index (κ2) is 3.95. The van der Waals surface area contributed by atoms with Crippen LogP contribution in [0.3, 0.4) is 0 Å². The number of aryl methyl sites for hydroxylation is 2. The van der Waals surface area contributed by atoms with Gasteiger partial charge >= 0.3 is 0 Å². The van der Waals surface area contributed by atoms with Crippen molar-refractivity contribution in [1.29, 1.82) is 0 Å². The molecule has 0 atom stereocenters. The first-order valence-electron chi connectivity index (χ1n) is 7.28. The zero-order valence-corrected chi connectivity index (χ0v) is 11.5. The van der Waals surface area contributed by atoms with Crippen LogP contribution in [0.1, 0.15) is 11.6 Å². The summed E-state index contributed by atoms with van der Waals surface area (Å²) in [5.41, 5.74) is 4.61. The van der Waals surface area contributed by atoms with Gasteiger partial charge in [0.05, 0.1) is 28.5 Å². The number of hydrogen-bond acceptors (Lipinski definition) is 2. The van der Waals surface area contributed by atoms with Crippen molar-refractivity contribution in [2.75, 3.05) is 0 Å². The van der Waals surface area contributed by atoms with Gasteiger partial charge in [-0.15, -0.1) is 0 Å². The van der Waals surface area contributed by atoms with Crippen molar-refractivity contribution in [3.05, 3.63) is 60.2 Å². The Morgan fingerprint density at radius 3 is 1.67 bits per heavy atom. The number of aromatic nitrogens is 4. The second-order valence-electron chi connectivity index (χ2n) is 5.51. The van der Waals surface area contributed by atoms with Gasteiger partial charge in [0.1, 0.15) is 11.6 Å². The smallest absolute Gasteiger partial charge is 0.117 e. The zero-order valence-electron chi connectivity index (χ0n) is 11.5. The minimum absolute atomic E-state index is 0.795. The highest BCUT2D eigenvalue weighted by molar-refractivity contribution is 5.77. The summed E-state index contributed by atoms with van der Waals surface area (Å²) < 4.78 is 4.66. The molecule has 2 aromatic heterocycles. The van der Waals surface area contributed by atoms with Gasteiger partial charge in [-0.1, -0.05) is 24.3 Å². The largest absolute Gasteiger partial charge is 0.326 e. The van der Waals surface area contributed by atoms with Crippen LogP contribution in [-0.2, 0) is 19.5 Å². The Morgan fingerprint density at radius 2 is 1.14 bits per heavy atom. The normalized spacial score (nSPS) is 14.1. The minimum Gasteiger partial charge on any atom is -0.326 e. The first kappa shape index (κ1) is 11.1. The molecule has 0 unspecified atom stereocenters. The monoisotopic (exact) mass is 274 g/mol. The lowest BCUT2D eigenvalue weighted by atomic mass is 10.3. The third kappa shape index (κ3) is 1.50. The van der Waals surface area contributed by atoms with Gasteiger partial charge in [-0.2, -0.15) is 0 Å².